The second kappa shape index (κ2) is 24.3. The monoisotopic (exact) mass is 537 g/mol. The van der Waals surface area contributed by atoms with E-state index >= 15 is 0 Å². The Balaban J connectivity index is 0. The molecule has 6 heteroatoms. The van der Waals surface area contributed by atoms with Crippen LogP contribution in [0.25, 0.3) is 0 Å². The molecule has 0 amide bonds. The third kappa shape index (κ3) is 30.3. The predicted molar refractivity (Wildman–Crippen MR) is 129 cm³/mol. The molecule has 0 bridgehead atoms. The molecule has 1 unspecified atom stereocenters. The fourth-order valence-electron chi connectivity index (χ4n) is 2.57. The van der Waals surface area contributed by atoms with E-state index < -0.39 is 31.2 Å². The first-order chi connectivity index (χ1) is 13.8. The standard InChI is InChI=1S/C20H36O4S.3CH3.Sn/c1-2-3-4-5-6-7-8-9-10-11-12-13-14-15-16-17-18(21)25-20(24)19(22)23;;;;/h9-10,20,24H,2-8,11-17H2,1H3,(H,22,23);3*1H3;. The summed E-state index contributed by atoms with van der Waals surface area (Å²) in [4.78, 5) is 28.9. The molecule has 0 saturated heterocycles. The van der Waals surface area contributed by atoms with Crippen LogP contribution in [-0.4, -0.2) is 46.5 Å². The molecule has 0 aromatic rings. The second-order valence-electron chi connectivity index (χ2n) is 8.01. The molecule has 0 saturated carbocycles. The Morgan fingerprint density at radius 3 is 1.69 bits per heavy atom. The zero-order valence-electron chi connectivity index (χ0n) is 19.3. The van der Waals surface area contributed by atoms with E-state index in [2.05, 4.69) is 33.9 Å². The number of thioether (sulfide) groups is 1. The van der Waals surface area contributed by atoms with Crippen LogP contribution in [0, 0.1) is 0 Å². The molecule has 0 fully saturated rings. The molecule has 0 aromatic heterocycles. The zero-order chi connectivity index (χ0) is 22.3. The van der Waals surface area contributed by atoms with E-state index in [1.807, 2.05) is 0 Å². The second-order valence-corrected chi connectivity index (χ2v) is 17.7. The summed E-state index contributed by atoms with van der Waals surface area (Å²) >= 11 is -0.0411. The van der Waals surface area contributed by atoms with Crippen molar-refractivity contribution in [1.82, 2.24) is 0 Å². The van der Waals surface area contributed by atoms with Crippen molar-refractivity contribution in [3.8, 4) is 0 Å². The third-order valence-electron chi connectivity index (χ3n) is 4.10. The summed E-state index contributed by atoms with van der Waals surface area (Å²) in [6, 6.07) is 0. The molecule has 2 N–H and O–H groups in total. The number of aliphatic hydroxyl groups is 1. The Morgan fingerprint density at radius 1 is 0.828 bits per heavy atom. The van der Waals surface area contributed by atoms with Crippen LogP contribution < -0.4 is 0 Å². The van der Waals surface area contributed by atoms with Gasteiger partial charge in [0.1, 0.15) is 0 Å². The topological polar surface area (TPSA) is 74.6 Å². The van der Waals surface area contributed by atoms with E-state index in [4.69, 9.17) is 10.2 Å². The van der Waals surface area contributed by atoms with Gasteiger partial charge in [0, 0.05) is 6.42 Å². The van der Waals surface area contributed by atoms with Crippen molar-refractivity contribution < 1.29 is 19.8 Å². The van der Waals surface area contributed by atoms with E-state index in [0.717, 1.165) is 25.7 Å². The number of carbonyl (C=O) groups excluding carboxylic acids is 1. The quantitative estimate of drug-likeness (QED) is 0.0902. The van der Waals surface area contributed by atoms with Gasteiger partial charge in [-0.1, -0.05) is 70.4 Å². The van der Waals surface area contributed by atoms with Gasteiger partial charge in [0.15, 0.2) is 5.12 Å². The number of unbranched alkanes of at least 4 members (excludes halogenated alkanes) is 11. The third-order valence-corrected chi connectivity index (χ3v) is 4.99. The molecule has 0 aromatic carbocycles. The maximum atomic E-state index is 11.4. The molecule has 0 aliphatic carbocycles. The summed E-state index contributed by atoms with van der Waals surface area (Å²) in [5, 5.41) is 17.3. The van der Waals surface area contributed by atoms with Crippen molar-refractivity contribution in [1.29, 1.82) is 0 Å². The Hall–Kier alpha value is -0.0113. The Morgan fingerprint density at radius 2 is 1.24 bits per heavy atom. The SMILES string of the molecule is CCCCCCCCC=CCCCCCCCC(=O)SC(O)C(=O)O.[CH3][Sn]([CH3])[CH3]. The van der Waals surface area contributed by atoms with Gasteiger partial charge in [0.2, 0.25) is 5.44 Å². The average Bonchev–Trinajstić information content (AvgIpc) is 2.64. The summed E-state index contributed by atoms with van der Waals surface area (Å²) < 4.78 is 0. The maximum absolute atomic E-state index is 11.4. The van der Waals surface area contributed by atoms with E-state index in [9.17, 15) is 9.59 Å². The van der Waals surface area contributed by atoms with Crippen LogP contribution in [-0.2, 0) is 9.59 Å². The molecule has 4 nitrogen and oxygen atoms in total. The van der Waals surface area contributed by atoms with Gasteiger partial charge in [-0.15, -0.1) is 0 Å². The molecular formula is C23H45O4SSn. The van der Waals surface area contributed by atoms with Crippen molar-refractivity contribution >= 4 is 42.6 Å². The molecule has 0 rings (SSSR count). The number of rotatable bonds is 17. The van der Waals surface area contributed by atoms with E-state index in [1.54, 1.807) is 0 Å². The normalized spacial score (nSPS) is 12.1. The molecular weight excluding hydrogens is 491 g/mol. The Labute approximate surface area is 191 Å². The number of carboxylic acids is 1. The van der Waals surface area contributed by atoms with Crippen LogP contribution in [0.1, 0.15) is 96.8 Å². The number of allylic oxidation sites excluding steroid dienone is 2. The van der Waals surface area contributed by atoms with Crippen molar-refractivity contribution in [3.63, 3.8) is 0 Å². The summed E-state index contributed by atoms with van der Waals surface area (Å²) in [6.07, 6.45) is 20.6. The number of aliphatic hydroxyl groups excluding tert-OH is 1. The van der Waals surface area contributed by atoms with Gasteiger partial charge in [0.05, 0.1) is 0 Å². The molecule has 0 heterocycles. The molecule has 29 heavy (non-hydrogen) atoms. The van der Waals surface area contributed by atoms with Gasteiger partial charge in [-0.25, -0.2) is 4.79 Å². The van der Waals surface area contributed by atoms with Crippen molar-refractivity contribution in [2.75, 3.05) is 0 Å². The van der Waals surface area contributed by atoms with Crippen LogP contribution >= 0.6 is 11.8 Å². The van der Waals surface area contributed by atoms with Gasteiger partial charge in [-0.3, -0.25) is 4.79 Å². The fourth-order valence-corrected chi connectivity index (χ4v) is 3.19. The zero-order valence-corrected chi connectivity index (χ0v) is 22.9. The molecule has 171 valence electrons. The van der Waals surface area contributed by atoms with Crippen LogP contribution in [0.5, 0.6) is 0 Å². The van der Waals surface area contributed by atoms with Crippen LogP contribution in [0.4, 0.5) is 0 Å². The molecule has 0 aliphatic rings. The molecule has 0 spiro atoms. The number of hydrogen-bond acceptors (Lipinski definition) is 4. The molecule has 1 radical (unpaired) electrons. The number of hydrogen-bond donors (Lipinski definition) is 2. The van der Waals surface area contributed by atoms with Gasteiger partial charge < -0.3 is 10.2 Å². The molecule has 1 atom stereocenters. The Kier molecular flexibility index (Phi) is 26.1. The average molecular weight is 536 g/mol. The number of aliphatic carboxylic acids is 1. The van der Waals surface area contributed by atoms with Crippen molar-refractivity contribution in [2.45, 2.75) is 117 Å². The minimum atomic E-state index is -1.63. The number of carbonyl (C=O) groups is 2. The minimum absolute atomic E-state index is 0.243. The van der Waals surface area contributed by atoms with E-state index in [1.165, 1.54) is 57.8 Å². The van der Waals surface area contributed by atoms with E-state index in [-0.39, 0.29) is 5.12 Å². The fraction of sp³-hybridized carbons (Fsp3) is 0.826. The van der Waals surface area contributed by atoms with Gasteiger partial charge in [0.25, 0.3) is 0 Å². The van der Waals surface area contributed by atoms with Gasteiger partial charge in [-0.2, -0.15) is 0 Å². The summed E-state index contributed by atoms with van der Waals surface area (Å²) in [5.41, 5.74) is -1.63. The molecule has 0 aliphatic heterocycles. The van der Waals surface area contributed by atoms with Crippen LogP contribution in [0.2, 0.25) is 14.8 Å². The summed E-state index contributed by atoms with van der Waals surface area (Å²) in [5.74, 6) is -1.36. The van der Waals surface area contributed by atoms with Gasteiger partial charge >= 0.3 is 40.5 Å². The summed E-state index contributed by atoms with van der Waals surface area (Å²) in [6.45, 7) is 2.25. The van der Waals surface area contributed by atoms with Crippen LogP contribution in [0.3, 0.4) is 0 Å². The first-order valence-corrected chi connectivity index (χ1v) is 20.8. The first kappa shape index (κ1) is 31.2. The van der Waals surface area contributed by atoms with Gasteiger partial charge in [-0.05, 0) is 43.9 Å². The summed E-state index contributed by atoms with van der Waals surface area (Å²) in [7, 11) is 0. The van der Waals surface area contributed by atoms with E-state index in [0.29, 0.717) is 18.2 Å². The first-order valence-electron chi connectivity index (χ1n) is 11.3. The Bertz CT molecular complexity index is 411. The van der Waals surface area contributed by atoms with Crippen molar-refractivity contribution in [3.05, 3.63) is 12.2 Å². The number of carboxylic acid groups (broad SMARTS) is 1. The predicted octanol–water partition coefficient (Wildman–Crippen LogP) is 7.06. The van der Waals surface area contributed by atoms with Crippen molar-refractivity contribution in [2.24, 2.45) is 0 Å². The van der Waals surface area contributed by atoms with Crippen LogP contribution in [0.15, 0.2) is 12.2 Å².